The molecule has 0 bridgehead atoms. The predicted molar refractivity (Wildman–Crippen MR) is 108 cm³/mol. The van der Waals surface area contributed by atoms with E-state index < -0.39 is 0 Å². The van der Waals surface area contributed by atoms with Crippen molar-refractivity contribution in [2.75, 3.05) is 25.0 Å². The van der Waals surface area contributed by atoms with Crippen LogP contribution >= 0.6 is 11.8 Å². The van der Waals surface area contributed by atoms with Crippen LogP contribution < -0.4 is 19.2 Å². The van der Waals surface area contributed by atoms with Gasteiger partial charge in [-0.15, -0.1) is 10.2 Å². The van der Waals surface area contributed by atoms with E-state index in [9.17, 15) is 4.79 Å². The Labute approximate surface area is 172 Å². The molecule has 9 heteroatoms. The van der Waals surface area contributed by atoms with Gasteiger partial charge in [0.25, 0.3) is 5.91 Å². The van der Waals surface area contributed by atoms with Gasteiger partial charge < -0.3 is 14.2 Å². The molecule has 0 radical (unpaired) electrons. The number of rotatable bonds is 7. The second-order valence-electron chi connectivity index (χ2n) is 6.24. The van der Waals surface area contributed by atoms with Crippen LogP contribution in [0.5, 0.6) is 17.2 Å². The van der Waals surface area contributed by atoms with Gasteiger partial charge in [-0.25, -0.2) is 9.69 Å². The number of hydrogen-bond acceptors (Lipinski definition) is 7. The highest BCUT2D eigenvalue weighted by Crippen LogP contribution is 2.28. The van der Waals surface area contributed by atoms with Gasteiger partial charge in [0.2, 0.25) is 5.16 Å². The third-order valence-corrected chi connectivity index (χ3v) is 5.35. The van der Waals surface area contributed by atoms with Crippen molar-refractivity contribution in [3.63, 3.8) is 0 Å². The minimum absolute atomic E-state index is 0.0170. The van der Waals surface area contributed by atoms with E-state index in [2.05, 4.69) is 10.2 Å². The zero-order valence-electron chi connectivity index (χ0n) is 16.1. The molecular formula is C20H20N4O4S. The van der Waals surface area contributed by atoms with Gasteiger partial charge in [0, 0.05) is 0 Å². The normalized spacial score (nSPS) is 13.2. The zero-order chi connectivity index (χ0) is 20.2. The Morgan fingerprint density at radius 1 is 1.00 bits per heavy atom. The average Bonchev–Trinajstić information content (AvgIpc) is 3.18. The number of methoxy groups -OCH3 is 2. The highest BCUT2D eigenvalue weighted by molar-refractivity contribution is 7.99. The number of amides is 1. The summed E-state index contributed by atoms with van der Waals surface area (Å²) in [4.78, 5) is 12.7. The van der Waals surface area contributed by atoms with Crippen molar-refractivity contribution in [2.24, 2.45) is 0 Å². The van der Waals surface area contributed by atoms with Crippen molar-refractivity contribution < 1.29 is 19.0 Å². The minimum Gasteiger partial charge on any atom is -0.497 e. The van der Waals surface area contributed by atoms with Gasteiger partial charge in [0.05, 0.1) is 26.5 Å². The molecule has 0 atom stereocenters. The number of fused-ring (bicyclic) bond motifs is 1. The summed E-state index contributed by atoms with van der Waals surface area (Å²) in [7, 11) is 3.21. The Morgan fingerprint density at radius 2 is 1.76 bits per heavy atom. The Kier molecular flexibility index (Phi) is 5.57. The number of nitrogens with zero attached hydrogens (tertiary/aromatic N) is 4. The first-order valence-electron chi connectivity index (χ1n) is 8.96. The second-order valence-corrected chi connectivity index (χ2v) is 7.18. The third-order valence-electron chi connectivity index (χ3n) is 4.45. The van der Waals surface area contributed by atoms with E-state index in [0.29, 0.717) is 34.8 Å². The van der Waals surface area contributed by atoms with Crippen molar-refractivity contribution in [1.82, 2.24) is 14.9 Å². The lowest BCUT2D eigenvalue weighted by Gasteiger charge is -2.29. The summed E-state index contributed by atoms with van der Waals surface area (Å²) in [6, 6.07) is 15.0. The first-order chi connectivity index (χ1) is 14.2. The lowest BCUT2D eigenvalue weighted by atomic mass is 10.2. The quantitative estimate of drug-likeness (QED) is 0.590. The summed E-state index contributed by atoms with van der Waals surface area (Å²) >= 11 is 1.37. The molecule has 0 saturated carbocycles. The molecular weight excluding hydrogens is 392 g/mol. The van der Waals surface area contributed by atoms with E-state index >= 15 is 0 Å². The zero-order valence-corrected chi connectivity index (χ0v) is 16.9. The molecule has 0 aliphatic carbocycles. The lowest BCUT2D eigenvalue weighted by Crippen LogP contribution is -2.45. The van der Waals surface area contributed by atoms with Crippen molar-refractivity contribution in [1.29, 1.82) is 0 Å². The Bertz CT molecular complexity index is 1010. The fourth-order valence-corrected chi connectivity index (χ4v) is 3.80. The van der Waals surface area contributed by atoms with Crippen molar-refractivity contribution in [3.8, 4) is 17.2 Å². The lowest BCUT2D eigenvalue weighted by molar-refractivity contribution is -0.118. The fraction of sp³-hybridized carbons (Fsp3) is 0.250. The third kappa shape index (κ3) is 4.00. The summed E-state index contributed by atoms with van der Waals surface area (Å²) < 4.78 is 18.1. The number of carbonyl (C=O) groups is 1. The van der Waals surface area contributed by atoms with Crippen LogP contribution in [0.1, 0.15) is 11.4 Å². The summed E-state index contributed by atoms with van der Waals surface area (Å²) in [5, 5.41) is 10.8. The predicted octanol–water partition coefficient (Wildman–Crippen LogP) is 2.64. The van der Waals surface area contributed by atoms with E-state index in [0.717, 1.165) is 11.3 Å². The van der Waals surface area contributed by atoms with Crippen LogP contribution in [0.4, 0.5) is 0 Å². The maximum Gasteiger partial charge on any atom is 0.252 e. The van der Waals surface area contributed by atoms with E-state index in [1.54, 1.807) is 23.9 Å². The number of aromatic nitrogens is 3. The number of hydrogen-bond donors (Lipinski definition) is 0. The van der Waals surface area contributed by atoms with Gasteiger partial charge in [-0.3, -0.25) is 4.79 Å². The molecule has 8 nitrogen and oxygen atoms in total. The molecule has 3 aromatic rings. The first kappa shape index (κ1) is 19.1. The Hall–Kier alpha value is -3.20. The molecule has 2 heterocycles. The maximum absolute atomic E-state index is 12.7. The van der Waals surface area contributed by atoms with Crippen molar-refractivity contribution >= 4 is 17.7 Å². The standard InChI is InChI=1S/C20H20N4O4S/c1-26-15-9-7-14(8-10-15)11-23-19(25)13-29-20-22-21-18(24(20)23)12-28-17-6-4-3-5-16(17)27-2/h3-10H,11-13H2,1-2H3. The number of ether oxygens (including phenoxy) is 3. The Balaban J connectivity index is 1.57. The number of benzene rings is 2. The van der Waals surface area contributed by atoms with Gasteiger partial charge in [-0.2, -0.15) is 0 Å². The van der Waals surface area contributed by atoms with E-state index in [1.165, 1.54) is 11.8 Å². The highest BCUT2D eigenvalue weighted by Gasteiger charge is 2.29. The first-order valence-corrected chi connectivity index (χ1v) is 9.94. The number of thioether (sulfide) groups is 1. The Morgan fingerprint density at radius 3 is 2.48 bits per heavy atom. The molecule has 4 rings (SSSR count). The van der Waals surface area contributed by atoms with Crippen LogP contribution in [0.2, 0.25) is 0 Å². The van der Waals surface area contributed by atoms with Gasteiger partial charge in [0.1, 0.15) is 12.4 Å². The molecule has 1 aliphatic rings. The minimum atomic E-state index is -0.0170. The molecule has 0 spiro atoms. The largest absolute Gasteiger partial charge is 0.497 e. The van der Waals surface area contributed by atoms with Gasteiger partial charge in [-0.1, -0.05) is 36.0 Å². The monoisotopic (exact) mass is 412 g/mol. The molecule has 1 aromatic heterocycles. The molecule has 1 aliphatic heterocycles. The molecule has 2 aromatic carbocycles. The molecule has 150 valence electrons. The van der Waals surface area contributed by atoms with E-state index in [4.69, 9.17) is 14.2 Å². The molecule has 29 heavy (non-hydrogen) atoms. The fourth-order valence-electron chi connectivity index (χ4n) is 2.97. The van der Waals surface area contributed by atoms with Crippen LogP contribution in [-0.4, -0.2) is 40.8 Å². The SMILES string of the molecule is COc1ccc(CN2C(=O)CSc3nnc(COc4ccccc4OC)n32)cc1. The molecule has 0 fully saturated rings. The van der Waals surface area contributed by atoms with E-state index in [-0.39, 0.29) is 12.5 Å². The molecule has 1 amide bonds. The van der Waals surface area contributed by atoms with Crippen LogP contribution in [0.25, 0.3) is 0 Å². The smallest absolute Gasteiger partial charge is 0.252 e. The number of carbonyl (C=O) groups excluding carboxylic acids is 1. The number of para-hydroxylation sites is 2. The molecule has 0 N–H and O–H groups in total. The topological polar surface area (TPSA) is 78.7 Å². The van der Waals surface area contributed by atoms with Crippen LogP contribution in [0.15, 0.2) is 53.7 Å². The summed E-state index contributed by atoms with van der Waals surface area (Å²) in [6.07, 6.45) is 0. The van der Waals surface area contributed by atoms with Crippen LogP contribution in [-0.2, 0) is 17.9 Å². The van der Waals surface area contributed by atoms with Crippen LogP contribution in [0, 0.1) is 0 Å². The maximum atomic E-state index is 12.7. The van der Waals surface area contributed by atoms with Crippen molar-refractivity contribution in [2.45, 2.75) is 18.3 Å². The summed E-state index contributed by atoms with van der Waals surface area (Å²) in [6.45, 7) is 0.552. The van der Waals surface area contributed by atoms with Gasteiger partial charge >= 0.3 is 0 Å². The summed E-state index contributed by atoms with van der Waals surface area (Å²) in [5.74, 6) is 2.85. The second kappa shape index (κ2) is 8.44. The molecule has 0 unspecified atom stereocenters. The highest BCUT2D eigenvalue weighted by atomic mass is 32.2. The summed E-state index contributed by atoms with van der Waals surface area (Å²) in [5.41, 5.74) is 0.974. The average molecular weight is 412 g/mol. The van der Waals surface area contributed by atoms with Crippen LogP contribution in [0.3, 0.4) is 0 Å². The van der Waals surface area contributed by atoms with Gasteiger partial charge in [-0.05, 0) is 29.8 Å². The van der Waals surface area contributed by atoms with Gasteiger partial charge in [0.15, 0.2) is 17.3 Å². The van der Waals surface area contributed by atoms with Crippen molar-refractivity contribution in [3.05, 3.63) is 59.9 Å². The molecule has 0 saturated heterocycles. The van der Waals surface area contributed by atoms with E-state index in [1.807, 2.05) is 48.5 Å².